The highest BCUT2D eigenvalue weighted by Crippen LogP contribution is 2.28. The van der Waals surface area contributed by atoms with Crippen molar-refractivity contribution in [3.05, 3.63) is 77.3 Å². The molecule has 31 heavy (non-hydrogen) atoms. The first kappa shape index (κ1) is 19.1. The van der Waals surface area contributed by atoms with Crippen molar-refractivity contribution in [2.75, 3.05) is 36.5 Å². The lowest BCUT2D eigenvalue weighted by molar-refractivity contribution is 0.122. The Morgan fingerprint density at radius 2 is 1.77 bits per heavy atom. The second-order valence-corrected chi connectivity index (χ2v) is 7.28. The fraction of sp³-hybridized carbons (Fsp3) is 0.174. The van der Waals surface area contributed by atoms with Crippen molar-refractivity contribution in [2.45, 2.75) is 0 Å². The maximum Gasteiger partial charge on any atom is 0.384 e. The number of morpholine rings is 1. The third-order valence-corrected chi connectivity index (χ3v) is 5.33. The van der Waals surface area contributed by atoms with E-state index in [1.165, 1.54) is 11.9 Å². The lowest BCUT2D eigenvalue weighted by Crippen LogP contribution is -2.36. The van der Waals surface area contributed by atoms with Gasteiger partial charge in [0.2, 0.25) is 0 Å². The van der Waals surface area contributed by atoms with Crippen molar-refractivity contribution in [1.82, 2.24) is 14.7 Å². The fourth-order valence-electron chi connectivity index (χ4n) is 3.74. The molecule has 0 radical (unpaired) electrons. The van der Waals surface area contributed by atoms with Crippen LogP contribution in [-0.2, 0) is 4.74 Å². The van der Waals surface area contributed by atoms with Gasteiger partial charge in [-0.25, -0.2) is 9.78 Å². The van der Waals surface area contributed by atoms with Crippen LogP contribution in [0.15, 0.2) is 71.7 Å². The van der Waals surface area contributed by atoms with E-state index in [0.717, 1.165) is 43.1 Å². The first-order valence-corrected chi connectivity index (χ1v) is 10.1. The zero-order chi connectivity index (χ0) is 21.2. The van der Waals surface area contributed by atoms with Crippen LogP contribution in [0.2, 0.25) is 0 Å². The predicted molar refractivity (Wildman–Crippen MR) is 119 cm³/mol. The number of nitrogens with zero attached hydrogens (tertiary/aromatic N) is 4. The molecule has 0 amide bonds. The number of aromatic nitrogens is 3. The van der Waals surface area contributed by atoms with Gasteiger partial charge in [-0.15, -0.1) is 4.73 Å². The fourth-order valence-corrected chi connectivity index (χ4v) is 3.74. The molecular formula is C23H21N5O3. The van der Waals surface area contributed by atoms with Crippen LogP contribution in [0.3, 0.4) is 0 Å². The van der Waals surface area contributed by atoms with Gasteiger partial charge in [0.15, 0.2) is 5.65 Å². The van der Waals surface area contributed by atoms with E-state index in [1.807, 2.05) is 24.3 Å². The summed E-state index contributed by atoms with van der Waals surface area (Å²) < 4.78 is 5.88. The quantitative estimate of drug-likeness (QED) is 0.494. The molecule has 0 unspecified atom stereocenters. The van der Waals surface area contributed by atoms with Crippen molar-refractivity contribution in [3.63, 3.8) is 0 Å². The Kier molecular flexibility index (Phi) is 4.97. The van der Waals surface area contributed by atoms with Gasteiger partial charge in [-0.3, -0.25) is 0 Å². The molecule has 8 heteroatoms. The van der Waals surface area contributed by atoms with Gasteiger partial charge in [0.25, 0.3) is 0 Å². The van der Waals surface area contributed by atoms with Crippen LogP contribution in [0.5, 0.6) is 0 Å². The number of benzene rings is 2. The smallest absolute Gasteiger partial charge is 0.384 e. The number of pyridine rings is 1. The Hall–Kier alpha value is -3.91. The molecular weight excluding hydrogens is 394 g/mol. The molecule has 0 atom stereocenters. The van der Waals surface area contributed by atoms with Gasteiger partial charge in [-0.2, -0.15) is 4.98 Å². The van der Waals surface area contributed by atoms with Crippen molar-refractivity contribution in [2.24, 2.45) is 0 Å². The summed E-state index contributed by atoms with van der Waals surface area (Å²) in [6.07, 6.45) is 1.51. The van der Waals surface area contributed by atoms with E-state index in [0.29, 0.717) is 15.9 Å². The summed E-state index contributed by atoms with van der Waals surface area (Å²) in [5.74, 6) is 0.346. The van der Waals surface area contributed by atoms with Crippen molar-refractivity contribution >= 4 is 28.2 Å². The third kappa shape index (κ3) is 3.80. The van der Waals surface area contributed by atoms with Gasteiger partial charge in [-0.1, -0.05) is 24.3 Å². The standard InChI is InChI=1S/C23H21N5O3/c29-23-26-21(20-5-2-10-24-22(20)28(23)30)25-18-4-1-3-17(15-18)16-6-8-19(9-7-16)27-11-13-31-14-12-27/h1-10,15,30H,11-14H2,(H,25,26,29). The summed E-state index contributed by atoms with van der Waals surface area (Å²) in [5.41, 5.74) is 3.46. The molecule has 3 heterocycles. The largest absolute Gasteiger partial charge is 0.422 e. The van der Waals surface area contributed by atoms with Gasteiger partial charge in [0.1, 0.15) is 5.82 Å². The zero-order valence-electron chi connectivity index (χ0n) is 16.7. The van der Waals surface area contributed by atoms with E-state index in [1.54, 1.807) is 12.1 Å². The third-order valence-electron chi connectivity index (χ3n) is 5.33. The maximum atomic E-state index is 12.0. The molecule has 2 aromatic carbocycles. The van der Waals surface area contributed by atoms with Crippen molar-refractivity contribution in [1.29, 1.82) is 0 Å². The van der Waals surface area contributed by atoms with E-state index in [9.17, 15) is 10.0 Å². The minimum absolute atomic E-state index is 0.153. The molecule has 8 nitrogen and oxygen atoms in total. The summed E-state index contributed by atoms with van der Waals surface area (Å²) >= 11 is 0. The van der Waals surface area contributed by atoms with Crippen molar-refractivity contribution < 1.29 is 9.94 Å². The molecule has 1 fully saturated rings. The van der Waals surface area contributed by atoms with E-state index in [-0.39, 0.29) is 5.65 Å². The summed E-state index contributed by atoms with van der Waals surface area (Å²) in [6, 6.07) is 19.8. The average molecular weight is 415 g/mol. The number of rotatable bonds is 4. The van der Waals surface area contributed by atoms with E-state index < -0.39 is 5.69 Å². The minimum atomic E-state index is -0.788. The number of anilines is 3. The van der Waals surface area contributed by atoms with E-state index in [2.05, 4.69) is 44.5 Å². The van der Waals surface area contributed by atoms with E-state index >= 15 is 0 Å². The summed E-state index contributed by atoms with van der Waals surface area (Å²) in [4.78, 5) is 22.4. The molecule has 2 N–H and O–H groups in total. The van der Waals surface area contributed by atoms with Crippen LogP contribution >= 0.6 is 0 Å². The predicted octanol–water partition coefficient (Wildman–Crippen LogP) is 3.28. The number of nitrogens with one attached hydrogen (secondary N) is 1. The second kappa shape index (κ2) is 8.08. The molecule has 1 aliphatic rings. The van der Waals surface area contributed by atoms with Gasteiger partial charge >= 0.3 is 5.69 Å². The number of fused-ring (bicyclic) bond motifs is 1. The van der Waals surface area contributed by atoms with Gasteiger partial charge in [0.05, 0.1) is 18.6 Å². The molecule has 1 aliphatic heterocycles. The molecule has 0 spiro atoms. The number of hydrogen-bond donors (Lipinski definition) is 2. The van der Waals surface area contributed by atoms with Crippen LogP contribution in [0.25, 0.3) is 22.2 Å². The second-order valence-electron chi connectivity index (χ2n) is 7.28. The monoisotopic (exact) mass is 415 g/mol. The van der Waals surface area contributed by atoms with Gasteiger partial charge in [0, 0.05) is 30.7 Å². The van der Waals surface area contributed by atoms with Gasteiger partial charge < -0.3 is 20.2 Å². The van der Waals surface area contributed by atoms with Crippen molar-refractivity contribution in [3.8, 4) is 11.1 Å². The SMILES string of the molecule is O=c1nc(Nc2cccc(-c3ccc(N4CCOCC4)cc3)c2)c2cccnc2n1O. The van der Waals surface area contributed by atoms with Gasteiger partial charge in [-0.05, 0) is 47.5 Å². The lowest BCUT2D eigenvalue weighted by Gasteiger charge is -2.28. The highest BCUT2D eigenvalue weighted by Gasteiger charge is 2.12. The molecule has 2 aromatic heterocycles. The summed E-state index contributed by atoms with van der Waals surface area (Å²) in [6.45, 7) is 3.32. The summed E-state index contributed by atoms with van der Waals surface area (Å²) in [7, 11) is 0. The Balaban J connectivity index is 1.43. The Labute approximate surface area is 178 Å². The maximum absolute atomic E-state index is 12.0. The van der Waals surface area contributed by atoms with Crippen LogP contribution in [0, 0.1) is 0 Å². The molecule has 5 rings (SSSR count). The van der Waals surface area contributed by atoms with Crippen LogP contribution in [-0.4, -0.2) is 46.2 Å². The Morgan fingerprint density at radius 3 is 2.58 bits per heavy atom. The average Bonchev–Trinajstić information content (AvgIpc) is 2.83. The molecule has 0 aliphatic carbocycles. The highest BCUT2D eigenvalue weighted by atomic mass is 16.5. The Bertz CT molecular complexity index is 1280. The molecule has 0 saturated carbocycles. The number of ether oxygens (including phenoxy) is 1. The molecule has 4 aromatic rings. The molecule has 156 valence electrons. The zero-order valence-corrected chi connectivity index (χ0v) is 16.7. The number of hydrogen-bond acceptors (Lipinski definition) is 7. The van der Waals surface area contributed by atoms with E-state index in [4.69, 9.17) is 4.74 Å². The van der Waals surface area contributed by atoms with Crippen LogP contribution < -0.4 is 15.9 Å². The first-order chi connectivity index (χ1) is 15.2. The van der Waals surface area contributed by atoms with Crippen LogP contribution in [0.1, 0.15) is 0 Å². The highest BCUT2D eigenvalue weighted by molar-refractivity contribution is 5.88. The first-order valence-electron chi connectivity index (χ1n) is 10.1. The Morgan fingerprint density at radius 1 is 0.968 bits per heavy atom. The van der Waals surface area contributed by atoms with Crippen LogP contribution in [0.4, 0.5) is 17.2 Å². The minimum Gasteiger partial charge on any atom is -0.422 e. The lowest BCUT2D eigenvalue weighted by atomic mass is 10.0. The molecule has 0 bridgehead atoms. The molecule has 1 saturated heterocycles. The summed E-state index contributed by atoms with van der Waals surface area (Å²) in [5, 5.41) is 13.6. The topological polar surface area (TPSA) is 92.5 Å². The normalized spacial score (nSPS) is 14.0.